The minimum Gasteiger partial charge on any atom is -0.462 e. The Bertz CT molecular complexity index is 820. The minimum absolute atomic E-state index is 0.00247. The first-order valence-electron chi connectivity index (χ1n) is 13.6. The number of methoxy groups -OCH3 is 1. The quantitative estimate of drug-likeness (QED) is 0.268. The van der Waals surface area contributed by atoms with Gasteiger partial charge >= 0.3 is 5.97 Å². The van der Waals surface area contributed by atoms with Gasteiger partial charge in [-0.15, -0.1) is 0 Å². The topological polar surface area (TPSA) is 155 Å². The van der Waals surface area contributed by atoms with Crippen molar-refractivity contribution in [2.24, 2.45) is 11.8 Å². The molecule has 0 amide bonds. The van der Waals surface area contributed by atoms with E-state index in [1.165, 1.54) is 7.11 Å². The zero-order valence-electron chi connectivity index (χ0n) is 23.8. The van der Waals surface area contributed by atoms with E-state index < -0.39 is 73.1 Å². The Morgan fingerprint density at radius 2 is 1.77 bits per heavy atom. The first kappa shape index (κ1) is 33.5. The van der Waals surface area contributed by atoms with Crippen LogP contribution in [-0.4, -0.2) is 120 Å². The van der Waals surface area contributed by atoms with E-state index in [0.717, 1.165) is 6.29 Å². The second kappa shape index (κ2) is 15.9. The second-order valence-electron chi connectivity index (χ2n) is 10.9. The molecule has 4 N–H and O–H groups in total. The van der Waals surface area contributed by atoms with E-state index in [1.807, 2.05) is 13.0 Å². The zero-order chi connectivity index (χ0) is 29.3. The van der Waals surface area contributed by atoms with E-state index in [2.05, 4.69) is 0 Å². The lowest BCUT2D eigenvalue weighted by Gasteiger charge is -2.46. The Morgan fingerprint density at radius 3 is 2.38 bits per heavy atom. The maximum absolute atomic E-state index is 12.6. The molecule has 2 aliphatic heterocycles. The molecule has 0 aromatic heterocycles. The number of ether oxygens (including phenoxy) is 4. The molecule has 0 aliphatic carbocycles. The molecule has 0 radical (unpaired) electrons. The fraction of sp³-hybridized carbons (Fsp3) is 0.786. The van der Waals surface area contributed by atoms with E-state index >= 15 is 0 Å². The summed E-state index contributed by atoms with van der Waals surface area (Å²) in [4.78, 5) is 26.1. The van der Waals surface area contributed by atoms with E-state index in [0.29, 0.717) is 12.8 Å². The number of esters is 1. The van der Waals surface area contributed by atoms with Crippen molar-refractivity contribution >= 4 is 12.3 Å². The lowest BCUT2D eigenvalue weighted by molar-refractivity contribution is -0.309. The number of rotatable bonds is 6. The highest BCUT2D eigenvalue weighted by atomic mass is 16.7. The van der Waals surface area contributed by atoms with Crippen molar-refractivity contribution in [3.8, 4) is 0 Å². The average Bonchev–Trinajstić information content (AvgIpc) is 2.85. The van der Waals surface area contributed by atoms with E-state index in [9.17, 15) is 30.0 Å². The summed E-state index contributed by atoms with van der Waals surface area (Å²) in [6, 6.07) is -0.712. The van der Waals surface area contributed by atoms with Crippen molar-refractivity contribution in [3.05, 3.63) is 24.3 Å². The Labute approximate surface area is 231 Å². The van der Waals surface area contributed by atoms with Crippen LogP contribution in [0, 0.1) is 11.8 Å². The smallest absolute Gasteiger partial charge is 0.308 e. The van der Waals surface area contributed by atoms with Crippen LogP contribution in [0.2, 0.25) is 0 Å². The van der Waals surface area contributed by atoms with Crippen LogP contribution in [0.3, 0.4) is 0 Å². The molecule has 0 spiro atoms. The SMILES string of the molecule is CO[C@H]1[C@@H](O[C@@H]2O[C@H](C)[C@@H](O)[C@H](N(C)C)[C@H]2O)[C@@H](CC=O)C[C@@H](C)[C@@H](O)/C=C/C=C/C[C@@H](C)OC(=O)C[C@@H]1O. The first-order valence-corrected chi connectivity index (χ1v) is 13.6. The molecule has 0 unspecified atom stereocenters. The molecule has 224 valence electrons. The lowest BCUT2D eigenvalue weighted by atomic mass is 9.82. The van der Waals surface area contributed by atoms with Gasteiger partial charge in [0.2, 0.25) is 0 Å². The lowest BCUT2D eigenvalue weighted by Crippen LogP contribution is -2.63. The molecule has 0 aromatic rings. The molecule has 0 saturated carbocycles. The molecular formula is C28H47NO10. The maximum atomic E-state index is 12.6. The number of nitrogens with zero attached hydrogens (tertiary/aromatic N) is 1. The van der Waals surface area contributed by atoms with Crippen molar-refractivity contribution in [3.63, 3.8) is 0 Å². The third-order valence-electron chi connectivity index (χ3n) is 7.52. The van der Waals surface area contributed by atoms with Gasteiger partial charge in [-0.3, -0.25) is 4.79 Å². The summed E-state index contributed by atoms with van der Waals surface area (Å²) in [6.07, 6.45) is -0.965. The predicted molar refractivity (Wildman–Crippen MR) is 143 cm³/mol. The van der Waals surface area contributed by atoms with Crippen molar-refractivity contribution in [1.82, 2.24) is 4.90 Å². The molecular weight excluding hydrogens is 510 g/mol. The Hall–Kier alpha value is -1.70. The summed E-state index contributed by atoms with van der Waals surface area (Å²) in [5, 5.41) is 43.6. The second-order valence-corrected chi connectivity index (χ2v) is 10.9. The number of aldehydes is 1. The Balaban J connectivity index is 2.48. The summed E-state index contributed by atoms with van der Waals surface area (Å²) in [5.74, 6) is -1.53. The number of aliphatic hydroxyl groups excluding tert-OH is 4. The monoisotopic (exact) mass is 557 g/mol. The predicted octanol–water partition coefficient (Wildman–Crippen LogP) is 0.575. The van der Waals surface area contributed by atoms with Gasteiger partial charge in [0.05, 0.1) is 43.0 Å². The van der Waals surface area contributed by atoms with Crippen LogP contribution in [0.15, 0.2) is 24.3 Å². The summed E-state index contributed by atoms with van der Waals surface area (Å²) in [6.45, 7) is 5.22. The fourth-order valence-electron chi connectivity index (χ4n) is 5.29. The molecule has 1 saturated heterocycles. The molecule has 39 heavy (non-hydrogen) atoms. The molecule has 0 aromatic carbocycles. The van der Waals surface area contributed by atoms with Gasteiger partial charge in [0, 0.05) is 20.0 Å². The molecule has 1 fully saturated rings. The molecule has 2 aliphatic rings. The highest BCUT2D eigenvalue weighted by Crippen LogP contribution is 2.33. The maximum Gasteiger partial charge on any atom is 0.308 e. The van der Waals surface area contributed by atoms with Crippen molar-refractivity contribution < 1.29 is 49.0 Å². The largest absolute Gasteiger partial charge is 0.462 e. The number of carbonyl (C=O) groups excluding carboxylic acids is 2. The van der Waals surface area contributed by atoms with Crippen LogP contribution in [0.25, 0.3) is 0 Å². The van der Waals surface area contributed by atoms with Gasteiger partial charge in [-0.05, 0) is 46.2 Å². The van der Waals surface area contributed by atoms with Crippen molar-refractivity contribution in [2.75, 3.05) is 21.2 Å². The highest BCUT2D eigenvalue weighted by molar-refractivity contribution is 5.70. The Kier molecular flexibility index (Phi) is 13.7. The Morgan fingerprint density at radius 1 is 1.08 bits per heavy atom. The summed E-state index contributed by atoms with van der Waals surface area (Å²) < 4.78 is 23.2. The summed E-state index contributed by atoms with van der Waals surface area (Å²) in [5.41, 5.74) is 0. The van der Waals surface area contributed by atoms with Gasteiger partial charge in [0.1, 0.15) is 24.6 Å². The number of cyclic esters (lactones) is 1. The van der Waals surface area contributed by atoms with Gasteiger partial charge in [-0.25, -0.2) is 0 Å². The first-order chi connectivity index (χ1) is 18.4. The number of allylic oxidation sites excluding steroid dienone is 2. The van der Waals surface area contributed by atoms with Crippen molar-refractivity contribution in [1.29, 1.82) is 0 Å². The summed E-state index contributed by atoms with van der Waals surface area (Å²) >= 11 is 0. The minimum atomic E-state index is -1.37. The van der Waals surface area contributed by atoms with Crippen molar-refractivity contribution in [2.45, 2.75) is 108 Å². The molecule has 2 heterocycles. The number of carbonyl (C=O) groups is 2. The molecule has 11 heteroatoms. The van der Waals surface area contributed by atoms with Crippen LogP contribution in [0.5, 0.6) is 0 Å². The van der Waals surface area contributed by atoms with Crippen LogP contribution in [-0.2, 0) is 28.5 Å². The van der Waals surface area contributed by atoms with Gasteiger partial charge in [0.15, 0.2) is 6.29 Å². The molecule has 11 nitrogen and oxygen atoms in total. The molecule has 2 rings (SSSR count). The summed E-state index contributed by atoms with van der Waals surface area (Å²) in [7, 11) is 4.79. The average molecular weight is 558 g/mol. The molecule has 0 bridgehead atoms. The standard InChI is InChI=1S/C28H47NO10/c1-16-14-19(12-13-30)26(39-28-25(35)23(29(4)5)24(34)18(3)38-28)27(36-6)21(32)15-22(33)37-17(2)10-8-7-9-11-20(16)31/h7-9,11,13,16-21,23-28,31-32,34-35H,10,12,14-15H2,1-6H3/b8-7+,11-9+/t16-,17-,18-,19+,20+,21+,23+,24-,25-,26+,27-,28+/m1/s1. The van der Waals surface area contributed by atoms with Gasteiger partial charge in [-0.1, -0.05) is 31.2 Å². The van der Waals surface area contributed by atoms with E-state index in [1.54, 1.807) is 51.1 Å². The highest BCUT2D eigenvalue weighted by Gasteiger charge is 2.47. The molecule has 12 atom stereocenters. The normalized spacial score (nSPS) is 43.0. The number of aliphatic hydroxyl groups is 4. The van der Waals surface area contributed by atoms with Gasteiger partial charge < -0.3 is 49.1 Å². The third-order valence-corrected chi connectivity index (χ3v) is 7.52. The number of likely N-dealkylation sites (N-methyl/N-ethyl adjacent to an activating group) is 1. The van der Waals surface area contributed by atoms with Crippen LogP contribution in [0.4, 0.5) is 0 Å². The fourth-order valence-corrected chi connectivity index (χ4v) is 5.29. The van der Waals surface area contributed by atoms with Crippen LogP contribution >= 0.6 is 0 Å². The van der Waals surface area contributed by atoms with E-state index in [4.69, 9.17) is 18.9 Å². The zero-order valence-corrected chi connectivity index (χ0v) is 23.8. The van der Waals surface area contributed by atoms with Gasteiger partial charge in [-0.2, -0.15) is 0 Å². The van der Waals surface area contributed by atoms with E-state index in [-0.39, 0.29) is 18.8 Å². The van der Waals surface area contributed by atoms with Crippen LogP contribution < -0.4 is 0 Å². The third kappa shape index (κ3) is 9.43. The number of hydrogen-bond acceptors (Lipinski definition) is 11. The number of hydrogen-bond donors (Lipinski definition) is 4. The van der Waals surface area contributed by atoms with Crippen LogP contribution in [0.1, 0.15) is 46.5 Å². The van der Waals surface area contributed by atoms with Gasteiger partial charge in [0.25, 0.3) is 0 Å².